The van der Waals surface area contributed by atoms with Crippen LogP contribution in [0.2, 0.25) is 0 Å². The zero-order valence-corrected chi connectivity index (χ0v) is 14.2. The SMILES string of the molecule is Cc1nc(-c2cccnc2SCC(=O)N2CCC[C@@H](C)C2)no1. The van der Waals surface area contributed by atoms with Gasteiger partial charge in [-0.3, -0.25) is 4.79 Å². The molecule has 0 aliphatic carbocycles. The molecule has 0 unspecified atom stereocenters. The number of rotatable bonds is 4. The molecule has 0 N–H and O–H groups in total. The monoisotopic (exact) mass is 332 g/mol. The van der Waals surface area contributed by atoms with Gasteiger partial charge in [-0.2, -0.15) is 4.98 Å². The molecule has 3 heterocycles. The summed E-state index contributed by atoms with van der Waals surface area (Å²) in [7, 11) is 0. The number of carbonyl (C=O) groups excluding carboxylic acids is 1. The van der Waals surface area contributed by atoms with Gasteiger partial charge in [0, 0.05) is 26.2 Å². The van der Waals surface area contributed by atoms with Crippen LogP contribution >= 0.6 is 11.8 Å². The highest BCUT2D eigenvalue weighted by atomic mass is 32.2. The molecule has 3 rings (SSSR count). The van der Waals surface area contributed by atoms with Gasteiger partial charge in [0.25, 0.3) is 0 Å². The van der Waals surface area contributed by atoms with E-state index < -0.39 is 0 Å². The maximum absolute atomic E-state index is 12.4. The second-order valence-corrected chi connectivity index (χ2v) is 6.83. The molecule has 0 aromatic carbocycles. The van der Waals surface area contributed by atoms with Crippen LogP contribution in [0.1, 0.15) is 25.7 Å². The van der Waals surface area contributed by atoms with Crippen LogP contribution in [0.4, 0.5) is 0 Å². The van der Waals surface area contributed by atoms with Crippen molar-refractivity contribution in [2.24, 2.45) is 5.92 Å². The first-order valence-corrected chi connectivity index (χ1v) is 8.78. The van der Waals surface area contributed by atoms with Gasteiger partial charge in [0.05, 0.1) is 11.3 Å². The highest BCUT2D eigenvalue weighted by molar-refractivity contribution is 8.00. The zero-order valence-electron chi connectivity index (χ0n) is 13.4. The molecule has 6 nitrogen and oxygen atoms in total. The van der Waals surface area contributed by atoms with Crippen LogP contribution in [0.5, 0.6) is 0 Å². The number of nitrogens with zero attached hydrogens (tertiary/aromatic N) is 4. The van der Waals surface area contributed by atoms with Crippen molar-refractivity contribution in [1.82, 2.24) is 20.0 Å². The van der Waals surface area contributed by atoms with Gasteiger partial charge in [-0.15, -0.1) is 0 Å². The Kier molecular flexibility index (Phi) is 4.95. The lowest BCUT2D eigenvalue weighted by atomic mass is 10.0. The number of amides is 1. The van der Waals surface area contributed by atoms with Gasteiger partial charge in [-0.25, -0.2) is 4.98 Å². The molecule has 1 aliphatic rings. The molecule has 2 aromatic rings. The molecule has 2 aromatic heterocycles. The minimum atomic E-state index is 0.169. The molecule has 0 radical (unpaired) electrons. The fourth-order valence-electron chi connectivity index (χ4n) is 2.72. The van der Waals surface area contributed by atoms with Crippen LogP contribution in [-0.2, 0) is 4.79 Å². The van der Waals surface area contributed by atoms with Gasteiger partial charge in [0.2, 0.25) is 17.6 Å². The van der Waals surface area contributed by atoms with E-state index in [0.29, 0.717) is 23.4 Å². The first-order chi connectivity index (χ1) is 11.1. The Hall–Kier alpha value is -1.89. The van der Waals surface area contributed by atoms with E-state index in [4.69, 9.17) is 4.52 Å². The molecule has 1 aliphatic heterocycles. The number of aromatic nitrogens is 3. The van der Waals surface area contributed by atoms with E-state index in [2.05, 4.69) is 22.0 Å². The molecule has 1 fully saturated rings. The van der Waals surface area contributed by atoms with Crippen molar-refractivity contribution < 1.29 is 9.32 Å². The highest BCUT2D eigenvalue weighted by Crippen LogP contribution is 2.28. The van der Waals surface area contributed by atoms with Crippen LogP contribution in [0.3, 0.4) is 0 Å². The number of hydrogen-bond acceptors (Lipinski definition) is 6. The molecular weight excluding hydrogens is 312 g/mol. The molecule has 122 valence electrons. The van der Waals surface area contributed by atoms with Crippen molar-refractivity contribution in [3.8, 4) is 11.4 Å². The van der Waals surface area contributed by atoms with Crippen LogP contribution in [0.25, 0.3) is 11.4 Å². The molecule has 0 saturated carbocycles. The molecule has 1 amide bonds. The number of carbonyl (C=O) groups is 1. The van der Waals surface area contributed by atoms with Crippen LogP contribution in [-0.4, -0.2) is 44.8 Å². The van der Waals surface area contributed by atoms with E-state index in [1.807, 2.05) is 17.0 Å². The van der Waals surface area contributed by atoms with Gasteiger partial charge in [0.15, 0.2) is 0 Å². The van der Waals surface area contributed by atoms with Gasteiger partial charge in [-0.05, 0) is 30.9 Å². The molecule has 0 bridgehead atoms. The lowest BCUT2D eigenvalue weighted by Gasteiger charge is -2.30. The summed E-state index contributed by atoms with van der Waals surface area (Å²) in [4.78, 5) is 23.0. The lowest BCUT2D eigenvalue weighted by molar-refractivity contribution is -0.130. The minimum absolute atomic E-state index is 0.169. The van der Waals surface area contributed by atoms with Crippen LogP contribution in [0.15, 0.2) is 27.9 Å². The van der Waals surface area contributed by atoms with E-state index in [1.54, 1.807) is 13.1 Å². The number of thioether (sulfide) groups is 1. The Labute approximate surface area is 139 Å². The third kappa shape index (κ3) is 3.90. The summed E-state index contributed by atoms with van der Waals surface area (Å²) in [5, 5.41) is 4.69. The maximum atomic E-state index is 12.4. The Bertz CT molecular complexity index is 688. The number of aryl methyl sites for hydroxylation is 1. The second-order valence-electron chi connectivity index (χ2n) is 5.87. The van der Waals surface area contributed by atoms with E-state index in [-0.39, 0.29) is 5.91 Å². The molecule has 0 spiro atoms. The predicted octanol–water partition coefficient (Wildman–Crippen LogP) is 2.79. The van der Waals surface area contributed by atoms with Crippen molar-refractivity contribution in [3.05, 3.63) is 24.2 Å². The first-order valence-electron chi connectivity index (χ1n) is 7.80. The molecule has 1 saturated heterocycles. The van der Waals surface area contributed by atoms with Crippen molar-refractivity contribution in [1.29, 1.82) is 0 Å². The first kappa shape index (κ1) is 16.0. The maximum Gasteiger partial charge on any atom is 0.232 e. The quantitative estimate of drug-likeness (QED) is 0.802. The normalized spacial score (nSPS) is 18.2. The molecular formula is C16H20N4O2S. The summed E-state index contributed by atoms with van der Waals surface area (Å²) in [6.07, 6.45) is 4.01. The van der Waals surface area contributed by atoms with Crippen molar-refractivity contribution in [3.63, 3.8) is 0 Å². The Morgan fingerprint density at radius 3 is 3.13 bits per heavy atom. The average molecular weight is 332 g/mol. The van der Waals surface area contributed by atoms with Crippen LogP contribution < -0.4 is 0 Å². The Balaban J connectivity index is 1.67. The fourth-order valence-corrected chi connectivity index (χ4v) is 3.61. The molecule has 7 heteroatoms. The van der Waals surface area contributed by atoms with E-state index in [1.165, 1.54) is 18.2 Å². The largest absolute Gasteiger partial charge is 0.342 e. The van der Waals surface area contributed by atoms with Gasteiger partial charge >= 0.3 is 0 Å². The topological polar surface area (TPSA) is 72.1 Å². The standard InChI is InChI=1S/C16H20N4O2S/c1-11-5-4-8-20(9-11)14(21)10-23-16-13(6-3-7-17-16)15-18-12(2)22-19-15/h3,6-7,11H,4-5,8-10H2,1-2H3/t11-/m1/s1. The number of pyridine rings is 1. The second kappa shape index (κ2) is 7.12. The summed E-state index contributed by atoms with van der Waals surface area (Å²) in [5.74, 6) is 2.16. The molecule has 23 heavy (non-hydrogen) atoms. The summed E-state index contributed by atoms with van der Waals surface area (Å²) in [5.41, 5.74) is 0.800. The summed E-state index contributed by atoms with van der Waals surface area (Å²) < 4.78 is 5.03. The highest BCUT2D eigenvalue weighted by Gasteiger charge is 2.21. The molecule has 1 atom stereocenters. The predicted molar refractivity (Wildman–Crippen MR) is 88.0 cm³/mol. The van der Waals surface area contributed by atoms with Gasteiger partial charge in [-0.1, -0.05) is 23.8 Å². The van der Waals surface area contributed by atoms with Gasteiger partial charge < -0.3 is 9.42 Å². The smallest absolute Gasteiger partial charge is 0.232 e. The summed E-state index contributed by atoms with van der Waals surface area (Å²) in [6.45, 7) is 5.67. The third-order valence-electron chi connectivity index (χ3n) is 3.88. The third-order valence-corrected chi connectivity index (χ3v) is 4.87. The number of piperidine rings is 1. The van der Waals surface area contributed by atoms with Crippen molar-refractivity contribution in [2.75, 3.05) is 18.8 Å². The van der Waals surface area contributed by atoms with E-state index in [0.717, 1.165) is 30.1 Å². The van der Waals surface area contributed by atoms with Crippen molar-refractivity contribution >= 4 is 17.7 Å². The Morgan fingerprint density at radius 1 is 1.52 bits per heavy atom. The number of likely N-dealkylation sites (tertiary alicyclic amines) is 1. The Morgan fingerprint density at radius 2 is 2.39 bits per heavy atom. The zero-order chi connectivity index (χ0) is 16.2. The number of hydrogen-bond donors (Lipinski definition) is 0. The van der Waals surface area contributed by atoms with Crippen molar-refractivity contribution in [2.45, 2.75) is 31.7 Å². The van der Waals surface area contributed by atoms with E-state index in [9.17, 15) is 4.79 Å². The van der Waals surface area contributed by atoms with Crippen LogP contribution in [0, 0.1) is 12.8 Å². The summed E-state index contributed by atoms with van der Waals surface area (Å²) >= 11 is 1.43. The fraction of sp³-hybridized carbons (Fsp3) is 0.500. The van der Waals surface area contributed by atoms with E-state index >= 15 is 0 Å². The van der Waals surface area contributed by atoms with Gasteiger partial charge in [0.1, 0.15) is 5.03 Å². The minimum Gasteiger partial charge on any atom is -0.342 e. The average Bonchev–Trinajstić information content (AvgIpc) is 2.99. The lowest BCUT2D eigenvalue weighted by Crippen LogP contribution is -2.40. The summed E-state index contributed by atoms with van der Waals surface area (Å²) in [6, 6.07) is 3.73.